The Balaban J connectivity index is 1.52. The van der Waals surface area contributed by atoms with Crippen molar-refractivity contribution in [3.63, 3.8) is 0 Å². The number of H-pyrrole nitrogens is 1. The van der Waals surface area contributed by atoms with Crippen LogP contribution < -0.4 is 20.3 Å². The molecule has 0 spiro atoms. The summed E-state index contributed by atoms with van der Waals surface area (Å²) in [7, 11) is 1.54. The molecule has 4 rings (SSSR count). The first-order chi connectivity index (χ1) is 19.0. The van der Waals surface area contributed by atoms with Crippen LogP contribution in [0.2, 0.25) is 0 Å². The number of methoxy groups -OCH3 is 1. The number of carbonyl (C=O) groups is 1. The maximum atomic E-state index is 13.2. The van der Waals surface area contributed by atoms with Crippen LogP contribution in [0.4, 0.5) is 8.78 Å². The van der Waals surface area contributed by atoms with Crippen molar-refractivity contribution in [3.8, 4) is 11.5 Å². The molecule has 204 valence electrons. The molecule has 0 atom stereocenters. The first-order valence-corrected chi connectivity index (χ1v) is 12.1. The zero-order chi connectivity index (χ0) is 27.6. The Kier molecular flexibility index (Phi) is 9.41. The molecule has 9 nitrogen and oxygen atoms in total. The lowest BCUT2D eigenvalue weighted by Gasteiger charge is -2.14. The van der Waals surface area contributed by atoms with E-state index in [1.54, 1.807) is 30.0 Å². The second kappa shape index (κ2) is 13.3. The molecule has 0 unspecified atom stereocenters. The molecule has 2 heterocycles. The fourth-order valence-electron chi connectivity index (χ4n) is 4.16. The van der Waals surface area contributed by atoms with E-state index >= 15 is 0 Å². The van der Waals surface area contributed by atoms with Crippen LogP contribution in [0.5, 0.6) is 11.5 Å². The number of halogens is 2. The molecule has 2 aromatic heterocycles. The monoisotopic (exact) mass is 538 g/mol. The largest absolute Gasteiger partial charge is 0.462 e. The molecule has 0 fully saturated rings. The van der Waals surface area contributed by atoms with Gasteiger partial charge in [-0.1, -0.05) is 36.4 Å². The number of hydrogen-bond donors (Lipinski definition) is 2. The first kappa shape index (κ1) is 27.5. The van der Waals surface area contributed by atoms with Gasteiger partial charge < -0.3 is 24.1 Å². The van der Waals surface area contributed by atoms with E-state index in [-0.39, 0.29) is 35.9 Å². The highest BCUT2D eigenvalue weighted by Gasteiger charge is 2.21. The topological polar surface area (TPSA) is 107 Å². The predicted molar refractivity (Wildman–Crippen MR) is 139 cm³/mol. The van der Waals surface area contributed by atoms with Crippen molar-refractivity contribution < 1.29 is 27.8 Å². The number of amides is 1. The number of benzene rings is 2. The number of pyridine rings is 1. The van der Waals surface area contributed by atoms with E-state index in [0.717, 1.165) is 11.1 Å². The van der Waals surface area contributed by atoms with Crippen LogP contribution in [-0.2, 0) is 30.9 Å². The SMILES string of the molecule is COCc1[nH]nc(C(=O)NCc2c(OCF)cccc2OCF)c1Cc1ccc(Cn2ccccc2=O)cc1. The fraction of sp³-hybridized carbons (Fsp3) is 0.250. The first-order valence-electron chi connectivity index (χ1n) is 12.1. The number of hydrogen-bond acceptors (Lipinski definition) is 6. The molecule has 0 saturated carbocycles. The van der Waals surface area contributed by atoms with Crippen LogP contribution in [0.1, 0.15) is 38.4 Å². The lowest BCUT2D eigenvalue weighted by atomic mass is 10.0. The number of carbonyl (C=O) groups excluding carboxylic acids is 1. The van der Waals surface area contributed by atoms with Gasteiger partial charge in [0.05, 0.1) is 31.0 Å². The van der Waals surface area contributed by atoms with E-state index in [1.807, 2.05) is 24.3 Å². The Morgan fingerprint density at radius 2 is 1.64 bits per heavy atom. The summed E-state index contributed by atoms with van der Waals surface area (Å²) in [4.78, 5) is 25.2. The van der Waals surface area contributed by atoms with E-state index in [0.29, 0.717) is 29.8 Å². The molecule has 0 aliphatic rings. The number of nitrogens with one attached hydrogen (secondary N) is 2. The Bertz CT molecular complexity index is 1430. The van der Waals surface area contributed by atoms with Gasteiger partial charge in [-0.2, -0.15) is 5.10 Å². The summed E-state index contributed by atoms with van der Waals surface area (Å²) in [5.41, 5.74) is 3.55. The van der Waals surface area contributed by atoms with Gasteiger partial charge in [-0.25, -0.2) is 8.78 Å². The minimum absolute atomic E-state index is 0.0814. The molecule has 1 amide bonds. The molecule has 39 heavy (non-hydrogen) atoms. The van der Waals surface area contributed by atoms with E-state index in [9.17, 15) is 18.4 Å². The van der Waals surface area contributed by atoms with Crippen LogP contribution >= 0.6 is 0 Å². The molecular formula is C28H28F2N4O5. The number of aromatic amines is 1. The molecule has 4 aromatic rings. The van der Waals surface area contributed by atoms with Crippen LogP contribution in [-0.4, -0.2) is 41.5 Å². The second-order valence-corrected chi connectivity index (χ2v) is 8.54. The lowest BCUT2D eigenvalue weighted by Crippen LogP contribution is -2.25. The Morgan fingerprint density at radius 3 is 2.28 bits per heavy atom. The summed E-state index contributed by atoms with van der Waals surface area (Å²) in [5.74, 6) is -0.238. The number of rotatable bonds is 13. The Hall–Kier alpha value is -4.51. The summed E-state index contributed by atoms with van der Waals surface area (Å²) in [6, 6.07) is 17.3. The average molecular weight is 539 g/mol. The van der Waals surface area contributed by atoms with E-state index in [2.05, 4.69) is 15.5 Å². The van der Waals surface area contributed by atoms with Gasteiger partial charge >= 0.3 is 0 Å². The third-order valence-electron chi connectivity index (χ3n) is 6.05. The highest BCUT2D eigenvalue weighted by molar-refractivity contribution is 5.94. The van der Waals surface area contributed by atoms with E-state index < -0.39 is 19.6 Å². The third kappa shape index (κ3) is 6.88. The standard InChI is InChI=1S/C28H28F2N4O5/c1-37-16-23-21(13-19-8-10-20(11-9-19)15-34-12-3-2-7-26(34)35)27(33-32-23)28(36)31-14-22-24(38-17-29)5-4-6-25(22)39-18-30/h2-12H,13-18H2,1H3,(H,31,36)(H,32,33). The van der Waals surface area contributed by atoms with Gasteiger partial charge in [-0.15, -0.1) is 0 Å². The molecule has 0 saturated heterocycles. The quantitative estimate of drug-likeness (QED) is 0.267. The zero-order valence-electron chi connectivity index (χ0n) is 21.3. The molecule has 0 aliphatic carbocycles. The summed E-state index contributed by atoms with van der Waals surface area (Å²) < 4.78 is 42.6. The molecule has 2 N–H and O–H groups in total. The lowest BCUT2D eigenvalue weighted by molar-refractivity contribution is 0.0944. The highest BCUT2D eigenvalue weighted by atomic mass is 19.1. The van der Waals surface area contributed by atoms with Crippen LogP contribution in [0.25, 0.3) is 0 Å². The number of aromatic nitrogens is 3. The van der Waals surface area contributed by atoms with Gasteiger partial charge in [0.25, 0.3) is 11.5 Å². The molecule has 2 aromatic carbocycles. The summed E-state index contributed by atoms with van der Waals surface area (Å²) in [6.45, 7) is -1.64. The maximum Gasteiger partial charge on any atom is 0.272 e. The van der Waals surface area contributed by atoms with Crippen molar-refractivity contribution in [3.05, 3.63) is 111 Å². The van der Waals surface area contributed by atoms with Crippen LogP contribution in [0.3, 0.4) is 0 Å². The van der Waals surface area contributed by atoms with Crippen molar-refractivity contribution in [1.82, 2.24) is 20.1 Å². The van der Waals surface area contributed by atoms with Crippen molar-refractivity contribution in [2.75, 3.05) is 20.8 Å². The van der Waals surface area contributed by atoms with Gasteiger partial charge in [0, 0.05) is 31.4 Å². The zero-order valence-corrected chi connectivity index (χ0v) is 21.3. The highest BCUT2D eigenvalue weighted by Crippen LogP contribution is 2.29. The van der Waals surface area contributed by atoms with Crippen molar-refractivity contribution in [2.24, 2.45) is 0 Å². The van der Waals surface area contributed by atoms with Crippen molar-refractivity contribution in [2.45, 2.75) is 26.1 Å². The van der Waals surface area contributed by atoms with E-state index in [1.165, 1.54) is 24.3 Å². The Morgan fingerprint density at radius 1 is 0.949 bits per heavy atom. The minimum Gasteiger partial charge on any atom is -0.462 e. The van der Waals surface area contributed by atoms with Crippen LogP contribution in [0, 0.1) is 0 Å². The normalized spacial score (nSPS) is 10.8. The number of ether oxygens (including phenoxy) is 3. The van der Waals surface area contributed by atoms with Gasteiger partial charge in [-0.05, 0) is 29.3 Å². The smallest absolute Gasteiger partial charge is 0.272 e. The molecule has 0 bridgehead atoms. The van der Waals surface area contributed by atoms with Crippen molar-refractivity contribution in [1.29, 1.82) is 0 Å². The molecule has 11 heteroatoms. The van der Waals surface area contributed by atoms with Crippen molar-refractivity contribution >= 4 is 5.91 Å². The maximum absolute atomic E-state index is 13.2. The number of nitrogens with zero attached hydrogens (tertiary/aromatic N) is 2. The van der Waals surface area contributed by atoms with Crippen LogP contribution in [0.15, 0.2) is 71.7 Å². The summed E-state index contributed by atoms with van der Waals surface area (Å²) in [6.07, 6.45) is 2.12. The molecule has 0 radical (unpaired) electrons. The minimum atomic E-state index is -1.09. The van der Waals surface area contributed by atoms with Gasteiger partial charge in [0.15, 0.2) is 5.69 Å². The average Bonchev–Trinajstić information content (AvgIpc) is 3.33. The Labute approximate surface area is 223 Å². The number of alkyl halides is 2. The van der Waals surface area contributed by atoms with Gasteiger partial charge in [0.2, 0.25) is 13.7 Å². The third-order valence-corrected chi connectivity index (χ3v) is 6.05. The van der Waals surface area contributed by atoms with E-state index in [4.69, 9.17) is 14.2 Å². The van der Waals surface area contributed by atoms with Gasteiger partial charge in [-0.3, -0.25) is 14.7 Å². The second-order valence-electron chi connectivity index (χ2n) is 8.54. The predicted octanol–water partition coefficient (Wildman–Crippen LogP) is 3.90. The summed E-state index contributed by atoms with van der Waals surface area (Å²) >= 11 is 0. The van der Waals surface area contributed by atoms with Gasteiger partial charge in [0.1, 0.15) is 11.5 Å². The fourth-order valence-corrected chi connectivity index (χ4v) is 4.16. The molecular weight excluding hydrogens is 510 g/mol. The molecule has 0 aliphatic heterocycles. The summed E-state index contributed by atoms with van der Waals surface area (Å²) in [5, 5.41) is 9.81.